The number of aryl methyl sites for hydroxylation is 2. The van der Waals surface area contributed by atoms with E-state index in [0.29, 0.717) is 13.2 Å². The number of hydrogen-bond donors (Lipinski definition) is 1. The lowest BCUT2D eigenvalue weighted by molar-refractivity contribution is 0.0481. The van der Waals surface area contributed by atoms with Crippen molar-refractivity contribution >= 4 is 16.8 Å². The zero-order chi connectivity index (χ0) is 17.8. The highest BCUT2D eigenvalue weighted by Crippen LogP contribution is 2.23. The molecular formula is C19H27N3O3. The van der Waals surface area contributed by atoms with Gasteiger partial charge in [0.25, 0.3) is 5.91 Å². The van der Waals surface area contributed by atoms with Crippen molar-refractivity contribution in [3.05, 3.63) is 35.5 Å². The molecule has 1 saturated heterocycles. The minimum atomic E-state index is 0.0623. The van der Waals surface area contributed by atoms with E-state index >= 15 is 0 Å². The summed E-state index contributed by atoms with van der Waals surface area (Å²) in [5, 5.41) is 9.83. The Balaban J connectivity index is 1.62. The molecule has 0 bridgehead atoms. The number of benzene rings is 1. The van der Waals surface area contributed by atoms with Crippen LogP contribution in [0, 0.1) is 6.92 Å². The number of hydrogen-bond acceptors (Lipinski definition) is 4. The van der Waals surface area contributed by atoms with Gasteiger partial charge in [-0.25, -0.2) is 0 Å². The third-order valence-electron chi connectivity index (χ3n) is 4.92. The Morgan fingerprint density at radius 3 is 2.64 bits per heavy atom. The predicted octanol–water partition coefficient (Wildman–Crippen LogP) is 1.25. The molecule has 0 aliphatic carbocycles. The van der Waals surface area contributed by atoms with Gasteiger partial charge in [-0.1, -0.05) is 18.2 Å². The van der Waals surface area contributed by atoms with Gasteiger partial charge >= 0.3 is 0 Å². The molecule has 1 amide bonds. The van der Waals surface area contributed by atoms with E-state index < -0.39 is 0 Å². The second kappa shape index (κ2) is 7.99. The number of aromatic nitrogens is 1. The van der Waals surface area contributed by atoms with E-state index in [4.69, 9.17) is 9.84 Å². The average Bonchev–Trinajstić information content (AvgIpc) is 2.97. The SMILES string of the molecule is Cc1cccc2cc(C(=O)N3CCN(CCOCCO)CC3)n(C)c12. The maximum absolute atomic E-state index is 12.9. The molecule has 136 valence electrons. The van der Waals surface area contributed by atoms with Gasteiger partial charge in [0.15, 0.2) is 0 Å². The molecule has 2 heterocycles. The molecule has 6 heteroatoms. The van der Waals surface area contributed by atoms with Crippen molar-refractivity contribution < 1.29 is 14.6 Å². The van der Waals surface area contributed by atoms with Crippen LogP contribution < -0.4 is 0 Å². The summed E-state index contributed by atoms with van der Waals surface area (Å²) < 4.78 is 7.33. The van der Waals surface area contributed by atoms with E-state index in [0.717, 1.165) is 49.3 Å². The molecule has 1 fully saturated rings. The molecular weight excluding hydrogens is 318 g/mol. The first-order chi connectivity index (χ1) is 12.1. The zero-order valence-electron chi connectivity index (χ0n) is 15.1. The van der Waals surface area contributed by atoms with Crippen molar-refractivity contribution in [2.75, 3.05) is 52.5 Å². The highest BCUT2D eigenvalue weighted by molar-refractivity contribution is 5.99. The van der Waals surface area contributed by atoms with Crippen molar-refractivity contribution in [2.45, 2.75) is 6.92 Å². The van der Waals surface area contributed by atoms with E-state index in [1.165, 1.54) is 5.56 Å². The van der Waals surface area contributed by atoms with Crippen LogP contribution in [0.5, 0.6) is 0 Å². The van der Waals surface area contributed by atoms with Gasteiger partial charge in [-0.2, -0.15) is 0 Å². The number of rotatable bonds is 6. The standard InChI is InChI=1S/C19H27N3O3/c1-15-4-3-5-16-14-17(20(2)18(15)16)19(24)22-8-6-21(7-9-22)10-12-25-13-11-23/h3-5,14,23H,6-13H2,1-2H3. The van der Waals surface area contributed by atoms with Gasteiger partial charge in [-0.05, 0) is 18.6 Å². The summed E-state index contributed by atoms with van der Waals surface area (Å²) in [6, 6.07) is 8.17. The Bertz CT molecular complexity index is 733. The fourth-order valence-electron chi connectivity index (χ4n) is 3.52. The quantitative estimate of drug-likeness (QED) is 0.801. The van der Waals surface area contributed by atoms with Crippen LogP contribution in [0.4, 0.5) is 0 Å². The summed E-state index contributed by atoms with van der Waals surface area (Å²) in [6.45, 7) is 7.18. The third-order valence-corrected chi connectivity index (χ3v) is 4.92. The van der Waals surface area contributed by atoms with E-state index in [9.17, 15) is 4.79 Å². The van der Waals surface area contributed by atoms with Gasteiger partial charge in [0.2, 0.25) is 0 Å². The van der Waals surface area contributed by atoms with Crippen LogP contribution in [-0.4, -0.2) is 77.9 Å². The number of fused-ring (bicyclic) bond motifs is 1. The fraction of sp³-hybridized carbons (Fsp3) is 0.526. The third kappa shape index (κ3) is 3.86. The smallest absolute Gasteiger partial charge is 0.270 e. The highest BCUT2D eigenvalue weighted by Gasteiger charge is 2.24. The van der Waals surface area contributed by atoms with E-state index in [1.807, 2.05) is 28.6 Å². The molecule has 1 aliphatic rings. The Morgan fingerprint density at radius 2 is 1.96 bits per heavy atom. The summed E-state index contributed by atoms with van der Waals surface area (Å²) in [7, 11) is 1.97. The molecule has 0 radical (unpaired) electrons. The largest absolute Gasteiger partial charge is 0.394 e. The molecule has 6 nitrogen and oxygen atoms in total. The van der Waals surface area contributed by atoms with Gasteiger partial charge in [0.05, 0.1) is 25.3 Å². The van der Waals surface area contributed by atoms with Gasteiger partial charge < -0.3 is 19.3 Å². The zero-order valence-corrected chi connectivity index (χ0v) is 15.1. The maximum Gasteiger partial charge on any atom is 0.270 e. The molecule has 1 aromatic carbocycles. The lowest BCUT2D eigenvalue weighted by Gasteiger charge is -2.34. The van der Waals surface area contributed by atoms with Crippen molar-refractivity contribution in [1.29, 1.82) is 0 Å². The summed E-state index contributed by atoms with van der Waals surface area (Å²) >= 11 is 0. The number of carbonyl (C=O) groups excluding carboxylic acids is 1. The van der Waals surface area contributed by atoms with Crippen LogP contribution >= 0.6 is 0 Å². The number of aliphatic hydroxyl groups excluding tert-OH is 1. The first-order valence-electron chi connectivity index (χ1n) is 8.87. The molecule has 2 aromatic rings. The van der Waals surface area contributed by atoms with Crippen molar-refractivity contribution in [3.63, 3.8) is 0 Å². The average molecular weight is 345 g/mol. The van der Waals surface area contributed by atoms with Crippen molar-refractivity contribution in [1.82, 2.24) is 14.4 Å². The molecule has 0 atom stereocenters. The lowest BCUT2D eigenvalue weighted by atomic mass is 10.2. The van der Waals surface area contributed by atoms with E-state index in [2.05, 4.69) is 24.0 Å². The Hall–Kier alpha value is -1.89. The minimum absolute atomic E-state index is 0.0623. The minimum Gasteiger partial charge on any atom is -0.394 e. The number of piperazine rings is 1. The van der Waals surface area contributed by atoms with Crippen molar-refractivity contribution in [2.24, 2.45) is 7.05 Å². The monoisotopic (exact) mass is 345 g/mol. The van der Waals surface area contributed by atoms with E-state index in [-0.39, 0.29) is 12.5 Å². The number of para-hydroxylation sites is 1. The van der Waals surface area contributed by atoms with Crippen LogP contribution in [0.2, 0.25) is 0 Å². The number of carbonyl (C=O) groups is 1. The molecule has 0 saturated carbocycles. The van der Waals surface area contributed by atoms with Gasteiger partial charge in [0, 0.05) is 45.2 Å². The molecule has 0 unspecified atom stereocenters. The molecule has 3 rings (SSSR count). The number of amides is 1. The van der Waals surface area contributed by atoms with Crippen LogP contribution in [0.1, 0.15) is 16.1 Å². The fourth-order valence-corrected chi connectivity index (χ4v) is 3.52. The predicted molar refractivity (Wildman–Crippen MR) is 97.9 cm³/mol. The molecule has 25 heavy (non-hydrogen) atoms. The maximum atomic E-state index is 12.9. The first-order valence-corrected chi connectivity index (χ1v) is 8.87. The Morgan fingerprint density at radius 1 is 1.20 bits per heavy atom. The molecule has 1 N–H and O–H groups in total. The van der Waals surface area contributed by atoms with Crippen molar-refractivity contribution in [3.8, 4) is 0 Å². The summed E-state index contributed by atoms with van der Waals surface area (Å²) in [6.07, 6.45) is 0. The van der Waals surface area contributed by atoms with Gasteiger partial charge in [0.1, 0.15) is 5.69 Å². The molecule has 1 aromatic heterocycles. The van der Waals surface area contributed by atoms with Crippen LogP contribution in [-0.2, 0) is 11.8 Å². The number of nitrogens with zero attached hydrogens (tertiary/aromatic N) is 3. The van der Waals surface area contributed by atoms with Crippen LogP contribution in [0.25, 0.3) is 10.9 Å². The first kappa shape index (κ1) is 17.9. The second-order valence-electron chi connectivity index (χ2n) is 6.57. The number of ether oxygens (including phenoxy) is 1. The van der Waals surface area contributed by atoms with Crippen LogP contribution in [0.3, 0.4) is 0 Å². The molecule has 0 spiro atoms. The summed E-state index contributed by atoms with van der Waals surface area (Å²) in [4.78, 5) is 17.2. The van der Waals surface area contributed by atoms with Gasteiger partial charge in [-0.15, -0.1) is 0 Å². The lowest BCUT2D eigenvalue weighted by Crippen LogP contribution is -2.49. The Kier molecular flexibility index (Phi) is 5.73. The van der Waals surface area contributed by atoms with Crippen LogP contribution in [0.15, 0.2) is 24.3 Å². The number of aliphatic hydroxyl groups is 1. The highest BCUT2D eigenvalue weighted by atomic mass is 16.5. The molecule has 1 aliphatic heterocycles. The van der Waals surface area contributed by atoms with Gasteiger partial charge in [-0.3, -0.25) is 9.69 Å². The summed E-state index contributed by atoms with van der Waals surface area (Å²) in [5.41, 5.74) is 3.07. The normalized spacial score (nSPS) is 15.9. The Labute approximate surface area is 148 Å². The topological polar surface area (TPSA) is 57.9 Å². The van der Waals surface area contributed by atoms with E-state index in [1.54, 1.807) is 0 Å². The second-order valence-corrected chi connectivity index (χ2v) is 6.57. The summed E-state index contributed by atoms with van der Waals surface area (Å²) in [5.74, 6) is 0.106.